The Bertz CT molecular complexity index is 412. The predicted molar refractivity (Wildman–Crippen MR) is 76.3 cm³/mol. The van der Waals surface area contributed by atoms with Crippen molar-refractivity contribution >= 4 is 17.9 Å². The molecule has 0 aliphatic carbocycles. The van der Waals surface area contributed by atoms with Crippen molar-refractivity contribution in [2.24, 2.45) is 17.3 Å². The number of carbonyl (C=O) groups is 3. The molecule has 21 heavy (non-hydrogen) atoms. The normalized spacial score (nSPS) is 15.9. The van der Waals surface area contributed by atoms with E-state index in [1.807, 2.05) is 13.8 Å². The maximum absolute atomic E-state index is 12.4. The molecule has 0 fully saturated rings. The fourth-order valence-corrected chi connectivity index (χ4v) is 1.47. The molecule has 0 heterocycles. The second-order valence-electron chi connectivity index (χ2n) is 6.11. The van der Waals surface area contributed by atoms with Crippen LogP contribution in [0.15, 0.2) is 0 Å². The third-order valence-corrected chi connectivity index (χ3v) is 4.25. The molecule has 0 aromatic rings. The van der Waals surface area contributed by atoms with Gasteiger partial charge in [0.15, 0.2) is 0 Å². The number of hydrogen-bond donors (Lipinski definition) is 0. The standard InChI is InChI=1S/C15H26O6/c1-9(2)14(4,5)12(17)21-15(6,13(18)20-8)10(3)11(16)19-7/h9-10H,1-8H3. The fraction of sp³-hybridized carbons (Fsp3) is 0.800. The molecule has 0 saturated heterocycles. The molecule has 6 nitrogen and oxygen atoms in total. The summed E-state index contributed by atoms with van der Waals surface area (Å²) < 4.78 is 14.7. The zero-order valence-corrected chi connectivity index (χ0v) is 14.1. The quantitative estimate of drug-likeness (QED) is 0.551. The highest BCUT2D eigenvalue weighted by Crippen LogP contribution is 2.33. The van der Waals surface area contributed by atoms with Gasteiger partial charge in [0.05, 0.1) is 19.6 Å². The molecule has 0 saturated carbocycles. The first-order chi connectivity index (χ1) is 9.44. The Hall–Kier alpha value is -1.59. The second-order valence-corrected chi connectivity index (χ2v) is 6.11. The summed E-state index contributed by atoms with van der Waals surface area (Å²) in [6, 6.07) is 0. The molecule has 2 unspecified atom stereocenters. The number of carbonyl (C=O) groups excluding carboxylic acids is 3. The van der Waals surface area contributed by atoms with Crippen LogP contribution < -0.4 is 0 Å². The Balaban J connectivity index is 5.52. The molecule has 0 aliphatic heterocycles. The Labute approximate surface area is 126 Å². The van der Waals surface area contributed by atoms with Gasteiger partial charge in [0, 0.05) is 0 Å². The van der Waals surface area contributed by atoms with Crippen molar-refractivity contribution in [3.63, 3.8) is 0 Å². The van der Waals surface area contributed by atoms with Crippen LogP contribution >= 0.6 is 0 Å². The van der Waals surface area contributed by atoms with Gasteiger partial charge in [-0.05, 0) is 33.6 Å². The van der Waals surface area contributed by atoms with Crippen molar-refractivity contribution in [1.29, 1.82) is 0 Å². The summed E-state index contributed by atoms with van der Waals surface area (Å²) in [6.45, 7) is 10.0. The lowest BCUT2D eigenvalue weighted by molar-refractivity contribution is -0.196. The minimum atomic E-state index is -1.73. The largest absolute Gasteiger partial charge is 0.469 e. The van der Waals surface area contributed by atoms with E-state index in [0.29, 0.717) is 0 Å². The van der Waals surface area contributed by atoms with Crippen molar-refractivity contribution in [2.45, 2.75) is 47.1 Å². The van der Waals surface area contributed by atoms with Crippen LogP contribution in [0.5, 0.6) is 0 Å². The van der Waals surface area contributed by atoms with Crippen LogP contribution in [0.3, 0.4) is 0 Å². The van der Waals surface area contributed by atoms with E-state index in [4.69, 9.17) is 4.74 Å². The monoisotopic (exact) mass is 302 g/mol. The van der Waals surface area contributed by atoms with E-state index in [-0.39, 0.29) is 5.92 Å². The summed E-state index contributed by atoms with van der Waals surface area (Å²) in [5.41, 5.74) is -2.53. The molecular formula is C15H26O6. The number of hydrogen-bond acceptors (Lipinski definition) is 6. The van der Waals surface area contributed by atoms with Crippen molar-refractivity contribution in [1.82, 2.24) is 0 Å². The van der Waals surface area contributed by atoms with Gasteiger partial charge in [-0.25, -0.2) is 4.79 Å². The highest BCUT2D eigenvalue weighted by atomic mass is 16.6. The van der Waals surface area contributed by atoms with Crippen molar-refractivity contribution in [3.05, 3.63) is 0 Å². The molecule has 6 heteroatoms. The highest BCUT2D eigenvalue weighted by Gasteiger charge is 2.50. The number of methoxy groups -OCH3 is 2. The molecule has 0 N–H and O–H groups in total. The van der Waals surface area contributed by atoms with Crippen LogP contribution in [-0.4, -0.2) is 37.7 Å². The van der Waals surface area contributed by atoms with Gasteiger partial charge in [-0.3, -0.25) is 9.59 Å². The molecule has 0 aromatic heterocycles. The molecule has 0 aliphatic rings. The van der Waals surface area contributed by atoms with Gasteiger partial charge in [0.25, 0.3) is 0 Å². The lowest BCUT2D eigenvalue weighted by Crippen LogP contribution is -2.52. The second kappa shape index (κ2) is 6.91. The molecule has 0 amide bonds. The van der Waals surface area contributed by atoms with E-state index in [2.05, 4.69) is 9.47 Å². The number of ether oxygens (including phenoxy) is 3. The summed E-state index contributed by atoms with van der Waals surface area (Å²) >= 11 is 0. The molecule has 0 aromatic carbocycles. The first-order valence-corrected chi connectivity index (χ1v) is 6.84. The fourth-order valence-electron chi connectivity index (χ4n) is 1.47. The van der Waals surface area contributed by atoms with Crippen molar-refractivity contribution in [2.75, 3.05) is 14.2 Å². The predicted octanol–water partition coefficient (Wildman–Crippen LogP) is 1.95. The van der Waals surface area contributed by atoms with Crippen LogP contribution in [0, 0.1) is 17.3 Å². The van der Waals surface area contributed by atoms with Gasteiger partial charge >= 0.3 is 17.9 Å². The van der Waals surface area contributed by atoms with E-state index < -0.39 is 34.8 Å². The van der Waals surface area contributed by atoms with Crippen LogP contribution in [-0.2, 0) is 28.6 Å². The maximum atomic E-state index is 12.4. The first kappa shape index (κ1) is 19.4. The van der Waals surface area contributed by atoms with Crippen molar-refractivity contribution < 1.29 is 28.6 Å². The van der Waals surface area contributed by atoms with Gasteiger partial charge in [-0.15, -0.1) is 0 Å². The molecule has 2 atom stereocenters. The number of esters is 3. The molecular weight excluding hydrogens is 276 g/mol. The van der Waals surface area contributed by atoms with Crippen LogP contribution in [0.4, 0.5) is 0 Å². The van der Waals surface area contributed by atoms with Gasteiger partial charge < -0.3 is 14.2 Å². The van der Waals surface area contributed by atoms with Gasteiger partial charge in [-0.2, -0.15) is 0 Å². The van der Waals surface area contributed by atoms with E-state index in [1.54, 1.807) is 13.8 Å². The summed E-state index contributed by atoms with van der Waals surface area (Å²) in [7, 11) is 2.38. The zero-order valence-electron chi connectivity index (χ0n) is 14.1. The molecule has 0 spiro atoms. The van der Waals surface area contributed by atoms with E-state index in [9.17, 15) is 14.4 Å². The average Bonchev–Trinajstić information content (AvgIpc) is 2.43. The Morgan fingerprint density at radius 3 is 1.67 bits per heavy atom. The van der Waals surface area contributed by atoms with Gasteiger partial charge in [0.1, 0.15) is 5.92 Å². The molecule has 0 rings (SSSR count). The smallest absolute Gasteiger partial charge is 0.350 e. The van der Waals surface area contributed by atoms with Crippen molar-refractivity contribution in [3.8, 4) is 0 Å². The highest BCUT2D eigenvalue weighted by molar-refractivity contribution is 5.90. The molecule has 122 valence electrons. The van der Waals surface area contributed by atoms with Gasteiger partial charge in [-0.1, -0.05) is 13.8 Å². The van der Waals surface area contributed by atoms with E-state index in [1.165, 1.54) is 28.1 Å². The molecule has 0 bridgehead atoms. The Kier molecular flexibility index (Phi) is 6.39. The van der Waals surface area contributed by atoms with E-state index >= 15 is 0 Å². The Morgan fingerprint density at radius 1 is 0.857 bits per heavy atom. The Morgan fingerprint density at radius 2 is 1.33 bits per heavy atom. The number of rotatable bonds is 6. The van der Waals surface area contributed by atoms with Crippen LogP contribution in [0.2, 0.25) is 0 Å². The minimum Gasteiger partial charge on any atom is -0.469 e. The first-order valence-electron chi connectivity index (χ1n) is 6.84. The summed E-state index contributed by atoms with van der Waals surface area (Å²) in [5.74, 6) is -3.00. The summed E-state index contributed by atoms with van der Waals surface area (Å²) in [5, 5.41) is 0. The average molecular weight is 302 g/mol. The lowest BCUT2D eigenvalue weighted by Gasteiger charge is -2.35. The summed E-state index contributed by atoms with van der Waals surface area (Å²) in [6.07, 6.45) is 0. The third-order valence-electron chi connectivity index (χ3n) is 4.25. The topological polar surface area (TPSA) is 78.9 Å². The molecule has 0 radical (unpaired) electrons. The van der Waals surface area contributed by atoms with Gasteiger partial charge in [0.2, 0.25) is 5.60 Å². The van der Waals surface area contributed by atoms with Crippen LogP contribution in [0.25, 0.3) is 0 Å². The zero-order chi connectivity index (χ0) is 17.0. The minimum absolute atomic E-state index is 0.000305. The van der Waals surface area contributed by atoms with Crippen LogP contribution in [0.1, 0.15) is 41.5 Å². The lowest BCUT2D eigenvalue weighted by atomic mass is 9.80. The maximum Gasteiger partial charge on any atom is 0.350 e. The third kappa shape index (κ3) is 3.95. The SMILES string of the molecule is COC(=O)C(C)C(C)(OC(=O)C(C)(C)C(C)C)C(=O)OC. The van der Waals surface area contributed by atoms with E-state index in [0.717, 1.165) is 0 Å². The summed E-state index contributed by atoms with van der Waals surface area (Å²) in [4.78, 5) is 36.1.